The van der Waals surface area contributed by atoms with Gasteiger partial charge in [-0.25, -0.2) is 26.4 Å². The molecule has 194 valence electrons. The van der Waals surface area contributed by atoms with Gasteiger partial charge in [0.1, 0.15) is 27.7 Å². The molecule has 38 heavy (non-hydrogen) atoms. The smallest absolute Gasteiger partial charge is 0.354 e. The van der Waals surface area contributed by atoms with Crippen molar-refractivity contribution in [2.24, 2.45) is 0 Å². The Morgan fingerprint density at radius 2 is 1.63 bits per heavy atom. The Bertz CT molecular complexity index is 1980. The Labute approximate surface area is 216 Å². The van der Waals surface area contributed by atoms with Crippen LogP contribution in [0.15, 0.2) is 89.4 Å². The molecule has 3 aromatic carbocycles. The molecule has 12 heteroatoms. The maximum Gasteiger partial charge on any atom is 0.354 e. The van der Waals surface area contributed by atoms with Gasteiger partial charge in [0.25, 0.3) is 5.56 Å². The molecule has 2 heterocycles. The summed E-state index contributed by atoms with van der Waals surface area (Å²) in [6.07, 6.45) is 0.988. The van der Waals surface area contributed by atoms with E-state index in [0.29, 0.717) is 23.4 Å². The van der Waals surface area contributed by atoms with Gasteiger partial charge in [0.2, 0.25) is 0 Å². The molecule has 0 aliphatic heterocycles. The van der Waals surface area contributed by atoms with Crippen molar-refractivity contribution in [1.82, 2.24) is 4.57 Å². The number of rotatable bonds is 5. The number of nitrogens with zero attached hydrogens (tertiary/aromatic N) is 1. The van der Waals surface area contributed by atoms with Crippen LogP contribution in [0.1, 0.15) is 5.56 Å². The molecular formula is C26H16F3NO6S2. The fourth-order valence-electron chi connectivity index (χ4n) is 3.98. The normalized spacial score (nSPS) is 11.9. The molecule has 0 amide bonds. The Morgan fingerprint density at radius 3 is 2.29 bits per heavy atom. The van der Waals surface area contributed by atoms with Crippen molar-refractivity contribution in [3.05, 3.63) is 104 Å². The fraction of sp³-hybridized carbons (Fsp3) is 0.0769. The number of benzene rings is 3. The van der Waals surface area contributed by atoms with Gasteiger partial charge in [0.05, 0.1) is 17.0 Å². The van der Waals surface area contributed by atoms with E-state index in [9.17, 15) is 36.3 Å². The highest BCUT2D eigenvalue weighted by molar-refractivity contribution is 7.99. The summed E-state index contributed by atoms with van der Waals surface area (Å²) in [5.41, 5.74) is -1.66. The monoisotopic (exact) mass is 559 g/mol. The maximum atomic E-state index is 14.3. The van der Waals surface area contributed by atoms with Gasteiger partial charge in [-0.2, -0.15) is 0 Å². The number of pyridine rings is 1. The molecule has 0 aliphatic rings. The molecule has 0 unspecified atom stereocenters. The minimum Gasteiger partial charge on any atom is -0.505 e. The van der Waals surface area contributed by atoms with Gasteiger partial charge >= 0.3 is 5.63 Å². The molecule has 5 rings (SSSR count). The van der Waals surface area contributed by atoms with E-state index in [1.165, 1.54) is 42.5 Å². The van der Waals surface area contributed by atoms with Crippen molar-refractivity contribution in [1.29, 1.82) is 0 Å². The summed E-state index contributed by atoms with van der Waals surface area (Å²) in [4.78, 5) is 25.7. The van der Waals surface area contributed by atoms with Crippen molar-refractivity contribution in [3.8, 4) is 5.75 Å². The SMILES string of the molecule is CS(=O)(=O)c1ccc2c3oc(=O)c(Sc4ccc(F)cc4F)c(O)c3c(=O)n(Cc3ccc(F)cc3)c2c1. The third kappa shape index (κ3) is 4.56. The van der Waals surface area contributed by atoms with Crippen LogP contribution in [-0.4, -0.2) is 24.3 Å². The van der Waals surface area contributed by atoms with E-state index in [-0.39, 0.29) is 32.8 Å². The predicted molar refractivity (Wildman–Crippen MR) is 135 cm³/mol. The molecule has 0 fully saturated rings. The van der Waals surface area contributed by atoms with Crippen LogP contribution < -0.4 is 11.2 Å². The van der Waals surface area contributed by atoms with Crippen LogP contribution in [0.25, 0.3) is 21.9 Å². The van der Waals surface area contributed by atoms with Crippen molar-refractivity contribution in [3.63, 3.8) is 0 Å². The minimum absolute atomic E-state index is 0.0854. The first-order valence-corrected chi connectivity index (χ1v) is 13.6. The maximum absolute atomic E-state index is 14.3. The highest BCUT2D eigenvalue weighted by Gasteiger charge is 2.24. The molecule has 0 atom stereocenters. The number of hydrogen-bond acceptors (Lipinski definition) is 7. The van der Waals surface area contributed by atoms with Crippen LogP contribution in [0.5, 0.6) is 5.75 Å². The molecule has 0 saturated carbocycles. The van der Waals surface area contributed by atoms with Gasteiger partial charge in [0.15, 0.2) is 21.2 Å². The molecule has 0 radical (unpaired) electrons. The summed E-state index contributed by atoms with van der Waals surface area (Å²) in [6, 6.07) is 11.7. The lowest BCUT2D eigenvalue weighted by molar-refractivity contribution is 0.446. The fourth-order valence-corrected chi connectivity index (χ4v) is 5.46. The summed E-state index contributed by atoms with van der Waals surface area (Å²) < 4.78 is 72.0. The van der Waals surface area contributed by atoms with E-state index >= 15 is 0 Å². The molecule has 5 aromatic rings. The van der Waals surface area contributed by atoms with Gasteiger partial charge in [-0.15, -0.1) is 0 Å². The summed E-state index contributed by atoms with van der Waals surface area (Å²) >= 11 is 0.455. The molecule has 0 saturated heterocycles. The zero-order valence-electron chi connectivity index (χ0n) is 19.4. The molecule has 0 aliphatic carbocycles. The third-order valence-electron chi connectivity index (χ3n) is 5.81. The number of hydrogen-bond donors (Lipinski definition) is 1. The summed E-state index contributed by atoms with van der Waals surface area (Å²) in [5.74, 6) is -3.12. The van der Waals surface area contributed by atoms with E-state index in [1.807, 2.05) is 0 Å². The molecule has 2 aromatic heterocycles. The average Bonchev–Trinajstić information content (AvgIpc) is 2.85. The lowest BCUT2D eigenvalue weighted by atomic mass is 10.1. The van der Waals surface area contributed by atoms with Crippen molar-refractivity contribution < 1.29 is 31.1 Å². The van der Waals surface area contributed by atoms with Crippen LogP contribution in [0.2, 0.25) is 0 Å². The Balaban J connectivity index is 1.82. The number of aromatic hydroxyl groups is 1. The van der Waals surface area contributed by atoms with Gasteiger partial charge in [-0.3, -0.25) is 4.79 Å². The van der Waals surface area contributed by atoms with E-state index < -0.39 is 54.5 Å². The van der Waals surface area contributed by atoms with Gasteiger partial charge in [-0.1, -0.05) is 23.9 Å². The Kier molecular flexibility index (Phi) is 6.32. The zero-order valence-corrected chi connectivity index (χ0v) is 21.0. The number of sulfone groups is 1. The third-order valence-corrected chi connectivity index (χ3v) is 8.04. The first kappa shape index (κ1) is 25.6. The summed E-state index contributed by atoms with van der Waals surface area (Å²) in [7, 11) is -3.69. The Hall–Kier alpha value is -4.03. The van der Waals surface area contributed by atoms with Crippen LogP contribution >= 0.6 is 11.8 Å². The minimum atomic E-state index is -3.69. The van der Waals surface area contributed by atoms with E-state index in [4.69, 9.17) is 4.42 Å². The second kappa shape index (κ2) is 9.37. The van der Waals surface area contributed by atoms with Crippen LogP contribution in [-0.2, 0) is 16.4 Å². The molecule has 0 bridgehead atoms. The van der Waals surface area contributed by atoms with Gasteiger partial charge < -0.3 is 14.1 Å². The highest BCUT2D eigenvalue weighted by atomic mass is 32.2. The summed E-state index contributed by atoms with van der Waals surface area (Å²) in [6.45, 7) is -0.146. The molecule has 1 N–H and O–H groups in total. The first-order valence-electron chi connectivity index (χ1n) is 10.9. The van der Waals surface area contributed by atoms with E-state index in [2.05, 4.69) is 0 Å². The van der Waals surface area contributed by atoms with Crippen LogP contribution in [0, 0.1) is 17.5 Å². The molecule has 7 nitrogen and oxygen atoms in total. The lowest BCUT2D eigenvalue weighted by Crippen LogP contribution is -2.23. The van der Waals surface area contributed by atoms with Gasteiger partial charge in [0, 0.05) is 22.6 Å². The predicted octanol–water partition coefficient (Wildman–Crippen LogP) is 4.83. The zero-order chi connectivity index (χ0) is 27.4. The molecule has 0 spiro atoms. The standard InChI is InChI=1S/C26H16F3NO6S2/c1-38(34,35)16-7-8-17-19(11-16)30(12-13-2-4-14(27)5-3-13)25(32)21-22(31)24(26(33)36-23(17)21)37-20-9-6-15(28)10-18(20)29/h2-11,31H,12H2,1H3. The van der Waals surface area contributed by atoms with Gasteiger partial charge in [-0.05, 0) is 48.0 Å². The quantitative estimate of drug-likeness (QED) is 0.307. The Morgan fingerprint density at radius 1 is 0.947 bits per heavy atom. The topological polar surface area (TPSA) is 107 Å². The second-order valence-electron chi connectivity index (χ2n) is 8.42. The second-order valence-corrected chi connectivity index (χ2v) is 11.5. The van der Waals surface area contributed by atoms with Crippen LogP contribution in [0.3, 0.4) is 0 Å². The summed E-state index contributed by atoms with van der Waals surface area (Å²) in [5, 5.41) is 10.8. The van der Waals surface area contributed by atoms with Crippen molar-refractivity contribution in [2.45, 2.75) is 21.2 Å². The van der Waals surface area contributed by atoms with Crippen LogP contribution in [0.4, 0.5) is 13.2 Å². The number of halogens is 3. The van der Waals surface area contributed by atoms with E-state index in [1.54, 1.807) is 0 Å². The van der Waals surface area contributed by atoms with Crippen molar-refractivity contribution >= 4 is 43.5 Å². The highest BCUT2D eigenvalue weighted by Crippen LogP contribution is 2.38. The van der Waals surface area contributed by atoms with Crippen molar-refractivity contribution in [2.75, 3.05) is 6.26 Å². The lowest BCUT2D eigenvalue weighted by Gasteiger charge is -2.15. The number of aromatic nitrogens is 1. The molecular weight excluding hydrogens is 543 g/mol. The first-order chi connectivity index (χ1) is 17.9. The largest absolute Gasteiger partial charge is 0.505 e. The number of fused-ring (bicyclic) bond motifs is 3. The van der Waals surface area contributed by atoms with E-state index in [0.717, 1.165) is 23.0 Å². The average molecular weight is 560 g/mol.